The third-order valence-corrected chi connectivity index (χ3v) is 5.16. The highest BCUT2D eigenvalue weighted by molar-refractivity contribution is 5.88. The third-order valence-electron chi connectivity index (χ3n) is 5.16. The molecule has 1 N–H and O–H groups in total. The van der Waals surface area contributed by atoms with Gasteiger partial charge < -0.3 is 10.2 Å². The molecule has 0 spiro atoms. The van der Waals surface area contributed by atoms with E-state index in [9.17, 15) is 4.79 Å². The standard InChI is InChI=1S/C16H20N2O/c19-15(16-8-12(9-16)10-17-16)18-7-6-14(11-18)13-4-2-1-3-5-13/h1-5,12,14,17H,6-11H2. The van der Waals surface area contributed by atoms with E-state index in [1.165, 1.54) is 5.56 Å². The lowest BCUT2D eigenvalue weighted by Crippen LogP contribution is -2.56. The SMILES string of the molecule is O=C(N1CCC(c2ccccc2)C1)C12CC(CN1)C2. The monoisotopic (exact) mass is 256 g/mol. The van der Waals surface area contributed by atoms with Gasteiger partial charge in [0.1, 0.15) is 0 Å². The van der Waals surface area contributed by atoms with E-state index in [0.717, 1.165) is 44.8 Å². The van der Waals surface area contributed by atoms with Crippen LogP contribution in [0.15, 0.2) is 30.3 Å². The molecule has 1 unspecified atom stereocenters. The highest BCUT2D eigenvalue weighted by Gasteiger charge is 2.57. The van der Waals surface area contributed by atoms with Crippen LogP contribution in [0.4, 0.5) is 0 Å². The molecule has 0 radical (unpaired) electrons. The first-order valence-corrected chi connectivity index (χ1v) is 7.36. The Labute approximate surface area is 114 Å². The average Bonchev–Trinajstić information content (AvgIpc) is 3.13. The lowest BCUT2D eigenvalue weighted by atomic mass is 9.73. The van der Waals surface area contributed by atoms with E-state index in [1.807, 2.05) is 0 Å². The molecule has 1 aromatic rings. The van der Waals surface area contributed by atoms with E-state index >= 15 is 0 Å². The van der Waals surface area contributed by atoms with Crippen molar-refractivity contribution < 1.29 is 4.79 Å². The maximum atomic E-state index is 12.6. The summed E-state index contributed by atoms with van der Waals surface area (Å²) in [5.41, 5.74) is 1.21. The molecular formula is C16H20N2O. The van der Waals surface area contributed by atoms with E-state index in [1.54, 1.807) is 0 Å². The molecule has 3 saturated heterocycles. The Hall–Kier alpha value is -1.35. The molecule has 3 heterocycles. The summed E-state index contributed by atoms with van der Waals surface area (Å²) in [4.78, 5) is 14.7. The summed E-state index contributed by atoms with van der Waals surface area (Å²) >= 11 is 0. The highest BCUT2D eigenvalue weighted by Crippen LogP contribution is 2.45. The van der Waals surface area contributed by atoms with Gasteiger partial charge in [0.05, 0.1) is 5.54 Å². The number of carbonyl (C=O) groups excluding carboxylic acids is 1. The number of benzene rings is 1. The third kappa shape index (κ3) is 1.71. The first kappa shape index (κ1) is 11.5. The highest BCUT2D eigenvalue weighted by atomic mass is 16.2. The van der Waals surface area contributed by atoms with Crippen LogP contribution in [0.1, 0.15) is 30.7 Å². The fraction of sp³-hybridized carbons (Fsp3) is 0.562. The van der Waals surface area contributed by atoms with E-state index in [4.69, 9.17) is 0 Å². The molecule has 5 rings (SSSR count). The molecule has 2 bridgehead atoms. The topological polar surface area (TPSA) is 32.3 Å². The number of hydrogen-bond donors (Lipinski definition) is 1. The van der Waals surface area contributed by atoms with Gasteiger partial charge in [-0.1, -0.05) is 30.3 Å². The van der Waals surface area contributed by atoms with Crippen molar-refractivity contribution in [2.45, 2.75) is 30.7 Å². The summed E-state index contributed by atoms with van der Waals surface area (Å²) in [6.45, 7) is 2.87. The van der Waals surface area contributed by atoms with E-state index in [2.05, 4.69) is 40.5 Å². The largest absolute Gasteiger partial charge is 0.340 e. The number of carbonyl (C=O) groups is 1. The number of rotatable bonds is 2. The molecule has 3 heteroatoms. The molecule has 4 aliphatic rings. The molecule has 0 aromatic heterocycles. The van der Waals surface area contributed by atoms with Gasteiger partial charge in [0.2, 0.25) is 5.91 Å². The average molecular weight is 256 g/mol. The molecule has 3 nitrogen and oxygen atoms in total. The van der Waals surface area contributed by atoms with Crippen LogP contribution in [0, 0.1) is 5.92 Å². The van der Waals surface area contributed by atoms with Crippen molar-refractivity contribution in [3.8, 4) is 0 Å². The Balaban J connectivity index is 1.46. The lowest BCUT2D eigenvalue weighted by molar-refractivity contribution is -0.139. The Bertz CT molecular complexity index is 487. The predicted molar refractivity (Wildman–Crippen MR) is 73.8 cm³/mol. The maximum absolute atomic E-state index is 12.6. The van der Waals surface area contributed by atoms with Gasteiger partial charge in [-0.15, -0.1) is 0 Å². The zero-order valence-corrected chi connectivity index (χ0v) is 11.1. The van der Waals surface area contributed by atoms with Crippen LogP contribution in [0.25, 0.3) is 0 Å². The lowest BCUT2D eigenvalue weighted by Gasteiger charge is -2.38. The second-order valence-corrected chi connectivity index (χ2v) is 6.38. The second kappa shape index (κ2) is 4.07. The van der Waals surface area contributed by atoms with Crippen LogP contribution in [-0.4, -0.2) is 36.0 Å². The molecule has 3 aliphatic heterocycles. The number of amides is 1. The maximum Gasteiger partial charge on any atom is 0.242 e. The zero-order chi connectivity index (χ0) is 12.9. The summed E-state index contributed by atoms with van der Waals surface area (Å²) < 4.78 is 0. The number of hydrogen-bond acceptors (Lipinski definition) is 2. The van der Waals surface area contributed by atoms with E-state index < -0.39 is 0 Å². The van der Waals surface area contributed by atoms with Crippen molar-refractivity contribution in [3.05, 3.63) is 35.9 Å². The Morgan fingerprint density at radius 3 is 2.74 bits per heavy atom. The van der Waals surface area contributed by atoms with E-state index in [-0.39, 0.29) is 5.54 Å². The summed E-state index contributed by atoms with van der Waals surface area (Å²) in [6.07, 6.45) is 3.24. The minimum absolute atomic E-state index is 0.170. The Kier molecular flexibility index (Phi) is 2.46. The minimum atomic E-state index is -0.170. The van der Waals surface area contributed by atoms with Crippen LogP contribution in [-0.2, 0) is 4.79 Å². The molecule has 1 aliphatic carbocycles. The van der Waals surface area contributed by atoms with Crippen LogP contribution >= 0.6 is 0 Å². The number of fused-ring (bicyclic) bond motifs is 1. The molecule has 1 saturated carbocycles. The molecular weight excluding hydrogens is 236 g/mol. The Morgan fingerprint density at radius 2 is 2.05 bits per heavy atom. The summed E-state index contributed by atoms with van der Waals surface area (Å²) in [5.74, 6) is 1.65. The molecule has 1 amide bonds. The number of likely N-dealkylation sites (tertiary alicyclic amines) is 1. The smallest absolute Gasteiger partial charge is 0.242 e. The van der Waals surface area contributed by atoms with Gasteiger partial charge in [-0.05, 0) is 37.3 Å². The van der Waals surface area contributed by atoms with Crippen molar-refractivity contribution >= 4 is 5.91 Å². The Morgan fingerprint density at radius 1 is 1.26 bits per heavy atom. The van der Waals surface area contributed by atoms with Gasteiger partial charge in [-0.3, -0.25) is 4.79 Å². The van der Waals surface area contributed by atoms with Crippen LogP contribution in [0.3, 0.4) is 0 Å². The molecule has 19 heavy (non-hydrogen) atoms. The normalized spacial score (nSPS) is 36.3. The van der Waals surface area contributed by atoms with Gasteiger partial charge >= 0.3 is 0 Å². The summed E-state index contributed by atoms with van der Waals surface area (Å²) in [6, 6.07) is 10.6. The van der Waals surface area contributed by atoms with Crippen molar-refractivity contribution in [3.63, 3.8) is 0 Å². The fourth-order valence-electron chi connectivity index (χ4n) is 4.05. The molecule has 100 valence electrons. The quantitative estimate of drug-likeness (QED) is 0.874. The number of nitrogens with zero attached hydrogens (tertiary/aromatic N) is 1. The summed E-state index contributed by atoms with van der Waals surface area (Å²) in [5, 5.41) is 3.45. The zero-order valence-electron chi connectivity index (χ0n) is 11.1. The number of nitrogens with one attached hydrogen (secondary N) is 1. The summed E-state index contributed by atoms with van der Waals surface area (Å²) in [7, 11) is 0. The molecule has 1 aromatic carbocycles. The van der Waals surface area contributed by atoms with E-state index in [0.29, 0.717) is 11.8 Å². The van der Waals surface area contributed by atoms with Crippen LogP contribution in [0.5, 0.6) is 0 Å². The van der Waals surface area contributed by atoms with Crippen molar-refractivity contribution in [1.82, 2.24) is 10.2 Å². The molecule has 4 fully saturated rings. The predicted octanol–water partition coefficient (Wildman–Crippen LogP) is 1.75. The van der Waals surface area contributed by atoms with Gasteiger partial charge in [-0.25, -0.2) is 0 Å². The fourth-order valence-corrected chi connectivity index (χ4v) is 4.05. The van der Waals surface area contributed by atoms with Crippen LogP contribution < -0.4 is 5.32 Å². The minimum Gasteiger partial charge on any atom is -0.340 e. The first-order chi connectivity index (χ1) is 9.27. The van der Waals surface area contributed by atoms with Gasteiger partial charge in [0.15, 0.2) is 0 Å². The first-order valence-electron chi connectivity index (χ1n) is 7.36. The van der Waals surface area contributed by atoms with Crippen molar-refractivity contribution in [2.24, 2.45) is 5.92 Å². The van der Waals surface area contributed by atoms with Gasteiger partial charge in [0, 0.05) is 19.0 Å². The second-order valence-electron chi connectivity index (χ2n) is 6.38. The van der Waals surface area contributed by atoms with Crippen LogP contribution in [0.2, 0.25) is 0 Å². The van der Waals surface area contributed by atoms with Gasteiger partial charge in [0.25, 0.3) is 0 Å². The molecule has 1 atom stereocenters. The van der Waals surface area contributed by atoms with Crippen molar-refractivity contribution in [2.75, 3.05) is 19.6 Å². The van der Waals surface area contributed by atoms with Gasteiger partial charge in [-0.2, -0.15) is 0 Å². The van der Waals surface area contributed by atoms with Crippen molar-refractivity contribution in [1.29, 1.82) is 0 Å².